The third-order valence-corrected chi connectivity index (χ3v) is 5.11. The Morgan fingerprint density at radius 2 is 2.08 bits per heavy atom. The van der Waals surface area contributed by atoms with E-state index in [1.165, 1.54) is 0 Å². The molecule has 0 bridgehead atoms. The van der Waals surface area contributed by atoms with E-state index in [1.807, 2.05) is 16.8 Å². The Balaban J connectivity index is 1.48. The quantitative estimate of drug-likeness (QED) is 0.798. The number of aryl methyl sites for hydroxylation is 1. The summed E-state index contributed by atoms with van der Waals surface area (Å²) in [6.45, 7) is 3.77. The molecule has 0 aliphatic carbocycles. The molecular weight excluding hydrogens is 308 g/mol. The minimum atomic E-state index is 0.0471. The average molecular weight is 334 g/mol. The Kier molecular flexibility index (Phi) is 5.18. The van der Waals surface area contributed by atoms with E-state index in [0.29, 0.717) is 30.6 Å². The number of nitrogens with zero attached hydrogens (tertiary/aromatic N) is 4. The highest BCUT2D eigenvalue weighted by molar-refractivity contribution is 5.92. The second kappa shape index (κ2) is 7.34. The lowest BCUT2D eigenvalue weighted by Crippen LogP contribution is -2.42. The van der Waals surface area contributed by atoms with Gasteiger partial charge in [-0.3, -0.25) is 9.59 Å². The number of methoxy groups -OCH3 is 1. The molecule has 7 heteroatoms. The first-order chi connectivity index (χ1) is 11.6. The first-order valence-corrected chi connectivity index (χ1v) is 8.60. The van der Waals surface area contributed by atoms with Gasteiger partial charge in [-0.05, 0) is 18.8 Å². The standard InChI is InChI=1S/C17H26N4O3/c1-19-12-18-8-15(19)17(23)20-5-3-13(4-6-20)9-21-10-14(11-24-2)7-16(21)22/h8,12-14H,3-7,9-11H2,1-2H3. The van der Waals surface area contributed by atoms with Crippen LogP contribution in [0.5, 0.6) is 0 Å². The number of hydrogen-bond donors (Lipinski definition) is 0. The van der Waals surface area contributed by atoms with Gasteiger partial charge in [-0.25, -0.2) is 4.98 Å². The normalized spacial score (nSPS) is 22.4. The van der Waals surface area contributed by atoms with Crippen LogP contribution in [0.2, 0.25) is 0 Å². The molecule has 2 fully saturated rings. The Bertz CT molecular complexity index is 592. The molecule has 1 aromatic heterocycles. The summed E-state index contributed by atoms with van der Waals surface area (Å²) in [4.78, 5) is 32.5. The zero-order valence-electron chi connectivity index (χ0n) is 14.5. The van der Waals surface area contributed by atoms with Gasteiger partial charge in [0, 0.05) is 52.7 Å². The van der Waals surface area contributed by atoms with Crippen molar-refractivity contribution in [3.05, 3.63) is 18.2 Å². The van der Waals surface area contributed by atoms with Crippen molar-refractivity contribution >= 4 is 11.8 Å². The number of carbonyl (C=O) groups is 2. The van der Waals surface area contributed by atoms with E-state index in [0.717, 1.165) is 39.0 Å². The van der Waals surface area contributed by atoms with Crippen LogP contribution in [-0.4, -0.2) is 71.1 Å². The number of carbonyl (C=O) groups excluding carboxylic acids is 2. The first-order valence-electron chi connectivity index (χ1n) is 8.60. The third kappa shape index (κ3) is 3.61. The Morgan fingerprint density at radius 3 is 2.71 bits per heavy atom. The SMILES string of the molecule is COCC1CC(=O)N(CC2CCN(C(=O)c3cncn3C)CC2)C1. The average Bonchev–Trinajstić information content (AvgIpc) is 3.14. The van der Waals surface area contributed by atoms with Gasteiger partial charge in [0.2, 0.25) is 5.91 Å². The van der Waals surface area contributed by atoms with Crippen molar-refractivity contribution in [3.63, 3.8) is 0 Å². The summed E-state index contributed by atoms with van der Waals surface area (Å²) in [5, 5.41) is 0. The van der Waals surface area contributed by atoms with Crippen LogP contribution in [0.4, 0.5) is 0 Å². The number of piperidine rings is 1. The van der Waals surface area contributed by atoms with Crippen molar-refractivity contribution in [2.24, 2.45) is 18.9 Å². The predicted octanol–water partition coefficient (Wildman–Crippen LogP) is 0.767. The van der Waals surface area contributed by atoms with Gasteiger partial charge in [-0.15, -0.1) is 0 Å². The van der Waals surface area contributed by atoms with Crippen molar-refractivity contribution in [2.45, 2.75) is 19.3 Å². The summed E-state index contributed by atoms with van der Waals surface area (Å²) in [5.74, 6) is 1.09. The molecule has 3 heterocycles. The van der Waals surface area contributed by atoms with Gasteiger partial charge in [-0.2, -0.15) is 0 Å². The molecule has 2 aliphatic rings. The van der Waals surface area contributed by atoms with Crippen LogP contribution in [0, 0.1) is 11.8 Å². The molecular formula is C17H26N4O3. The van der Waals surface area contributed by atoms with Gasteiger partial charge in [-0.1, -0.05) is 0 Å². The smallest absolute Gasteiger partial charge is 0.272 e. The Morgan fingerprint density at radius 1 is 1.33 bits per heavy atom. The molecule has 7 nitrogen and oxygen atoms in total. The van der Waals surface area contributed by atoms with Gasteiger partial charge in [0.15, 0.2) is 0 Å². The van der Waals surface area contributed by atoms with E-state index >= 15 is 0 Å². The molecule has 24 heavy (non-hydrogen) atoms. The molecule has 0 aromatic carbocycles. The fraction of sp³-hybridized carbons (Fsp3) is 0.706. The number of ether oxygens (including phenoxy) is 1. The van der Waals surface area contributed by atoms with Crippen molar-refractivity contribution in [1.29, 1.82) is 0 Å². The van der Waals surface area contributed by atoms with E-state index in [9.17, 15) is 9.59 Å². The molecule has 1 atom stereocenters. The van der Waals surface area contributed by atoms with Gasteiger partial charge in [0.25, 0.3) is 5.91 Å². The van der Waals surface area contributed by atoms with Crippen LogP contribution in [0.1, 0.15) is 29.8 Å². The van der Waals surface area contributed by atoms with Crippen molar-refractivity contribution in [1.82, 2.24) is 19.4 Å². The minimum Gasteiger partial charge on any atom is -0.384 e. The maximum Gasteiger partial charge on any atom is 0.272 e. The minimum absolute atomic E-state index is 0.0471. The molecule has 2 saturated heterocycles. The van der Waals surface area contributed by atoms with Crippen LogP contribution >= 0.6 is 0 Å². The fourth-order valence-corrected chi connectivity index (χ4v) is 3.73. The van der Waals surface area contributed by atoms with Crippen LogP contribution in [0.15, 0.2) is 12.5 Å². The van der Waals surface area contributed by atoms with E-state index in [4.69, 9.17) is 4.74 Å². The van der Waals surface area contributed by atoms with Crippen LogP contribution in [0.25, 0.3) is 0 Å². The second-order valence-corrected chi connectivity index (χ2v) is 6.95. The highest BCUT2D eigenvalue weighted by Gasteiger charge is 2.32. The number of rotatable bonds is 5. The van der Waals surface area contributed by atoms with Gasteiger partial charge in [0.05, 0.1) is 19.1 Å². The van der Waals surface area contributed by atoms with Crippen LogP contribution in [-0.2, 0) is 16.6 Å². The third-order valence-electron chi connectivity index (χ3n) is 5.11. The number of hydrogen-bond acceptors (Lipinski definition) is 4. The van der Waals surface area contributed by atoms with Crippen LogP contribution in [0.3, 0.4) is 0 Å². The van der Waals surface area contributed by atoms with Crippen LogP contribution < -0.4 is 0 Å². The maximum atomic E-state index is 12.5. The van der Waals surface area contributed by atoms with E-state index < -0.39 is 0 Å². The molecule has 1 unspecified atom stereocenters. The van der Waals surface area contributed by atoms with E-state index in [2.05, 4.69) is 4.98 Å². The van der Waals surface area contributed by atoms with Gasteiger partial charge in [0.1, 0.15) is 5.69 Å². The largest absolute Gasteiger partial charge is 0.384 e. The molecule has 1 aromatic rings. The highest BCUT2D eigenvalue weighted by Crippen LogP contribution is 2.24. The summed E-state index contributed by atoms with van der Waals surface area (Å²) in [5.41, 5.74) is 0.630. The molecule has 2 aliphatic heterocycles. The van der Waals surface area contributed by atoms with Gasteiger partial charge < -0.3 is 19.1 Å². The topological polar surface area (TPSA) is 67.7 Å². The van der Waals surface area contributed by atoms with Crippen molar-refractivity contribution in [3.8, 4) is 0 Å². The summed E-state index contributed by atoms with van der Waals surface area (Å²) < 4.78 is 6.92. The van der Waals surface area contributed by atoms with E-state index in [-0.39, 0.29) is 11.8 Å². The van der Waals surface area contributed by atoms with Gasteiger partial charge >= 0.3 is 0 Å². The summed E-state index contributed by atoms with van der Waals surface area (Å²) in [7, 11) is 3.52. The Hall–Kier alpha value is -1.89. The lowest BCUT2D eigenvalue weighted by molar-refractivity contribution is -0.128. The summed E-state index contributed by atoms with van der Waals surface area (Å²) >= 11 is 0. The Labute approximate surface area is 142 Å². The number of aromatic nitrogens is 2. The lowest BCUT2D eigenvalue weighted by atomic mass is 9.96. The number of amides is 2. The molecule has 0 saturated carbocycles. The molecule has 0 spiro atoms. The molecule has 0 radical (unpaired) electrons. The monoisotopic (exact) mass is 334 g/mol. The van der Waals surface area contributed by atoms with Crippen molar-refractivity contribution in [2.75, 3.05) is 39.9 Å². The zero-order chi connectivity index (χ0) is 17.1. The highest BCUT2D eigenvalue weighted by atomic mass is 16.5. The van der Waals surface area contributed by atoms with E-state index in [1.54, 1.807) is 24.2 Å². The fourth-order valence-electron chi connectivity index (χ4n) is 3.73. The lowest BCUT2D eigenvalue weighted by Gasteiger charge is -2.34. The molecule has 2 amide bonds. The number of likely N-dealkylation sites (tertiary alicyclic amines) is 2. The molecule has 3 rings (SSSR count). The molecule has 132 valence electrons. The predicted molar refractivity (Wildman–Crippen MR) is 88.4 cm³/mol. The number of imidazole rings is 1. The van der Waals surface area contributed by atoms with Crippen molar-refractivity contribution < 1.29 is 14.3 Å². The first kappa shape index (κ1) is 17.0. The summed E-state index contributed by atoms with van der Waals surface area (Å²) in [6, 6.07) is 0. The molecule has 0 N–H and O–H groups in total. The maximum absolute atomic E-state index is 12.5. The second-order valence-electron chi connectivity index (χ2n) is 6.95. The zero-order valence-corrected chi connectivity index (χ0v) is 14.5. The summed E-state index contributed by atoms with van der Waals surface area (Å²) in [6.07, 6.45) is 5.76.